The smallest absolute Gasteiger partial charge is 0.270 e. The third-order valence-electron chi connectivity index (χ3n) is 3.19. The van der Waals surface area contributed by atoms with Crippen LogP contribution in [-0.2, 0) is 0 Å². The van der Waals surface area contributed by atoms with Crippen molar-refractivity contribution in [2.75, 3.05) is 11.9 Å². The summed E-state index contributed by atoms with van der Waals surface area (Å²) in [6, 6.07) is 4.81. The Hall–Kier alpha value is -1.10. The highest BCUT2D eigenvalue weighted by Crippen LogP contribution is 2.27. The number of rotatable bonds is 9. The Morgan fingerprint density at radius 1 is 1.25 bits per heavy atom. The predicted molar refractivity (Wildman–Crippen MR) is 87.2 cm³/mol. The fourth-order valence-corrected chi connectivity index (χ4v) is 2.52. The number of nitro benzene ring substituents is 1. The number of nitrogens with one attached hydrogen (secondary N) is 1. The van der Waals surface area contributed by atoms with Gasteiger partial charge in [-0.3, -0.25) is 10.1 Å². The van der Waals surface area contributed by atoms with Gasteiger partial charge in [-0.2, -0.15) is 0 Å². The number of nitrogens with zero attached hydrogens (tertiary/aromatic N) is 1. The van der Waals surface area contributed by atoms with Gasteiger partial charge in [0.25, 0.3) is 5.69 Å². The lowest BCUT2D eigenvalue weighted by atomic mass is 10.0. The lowest BCUT2D eigenvalue weighted by molar-refractivity contribution is -0.384. The van der Waals surface area contributed by atoms with Crippen molar-refractivity contribution in [3.8, 4) is 0 Å². The van der Waals surface area contributed by atoms with E-state index in [-0.39, 0.29) is 10.6 Å². The molecule has 1 N–H and O–H groups in total. The lowest BCUT2D eigenvalue weighted by Gasteiger charge is -2.08. The van der Waals surface area contributed by atoms with E-state index < -0.39 is 0 Å². The molecule has 1 aromatic carbocycles. The van der Waals surface area contributed by atoms with Crippen LogP contribution in [0.4, 0.5) is 11.4 Å². The fraction of sp³-hybridized carbons (Fsp3) is 0.600. The fourth-order valence-electron chi connectivity index (χ4n) is 2.02. The molecule has 4 nitrogen and oxygen atoms in total. The Bertz CT molecular complexity index is 436. The highest BCUT2D eigenvalue weighted by Gasteiger charge is 2.08. The minimum atomic E-state index is -0.386. The molecule has 0 bridgehead atoms. The zero-order chi connectivity index (χ0) is 15.0. The summed E-state index contributed by atoms with van der Waals surface area (Å²) in [7, 11) is 0. The maximum Gasteiger partial charge on any atom is 0.270 e. The van der Waals surface area contributed by atoms with Crippen LogP contribution in [0.1, 0.15) is 46.0 Å². The molecule has 0 atom stereocenters. The second-order valence-corrected chi connectivity index (χ2v) is 6.30. The van der Waals surface area contributed by atoms with Crippen LogP contribution in [0, 0.1) is 16.0 Å². The predicted octanol–water partition coefficient (Wildman–Crippen LogP) is 5.38. The highest BCUT2D eigenvalue weighted by molar-refractivity contribution is 9.10. The Kier molecular flexibility index (Phi) is 7.59. The van der Waals surface area contributed by atoms with E-state index in [1.54, 1.807) is 6.07 Å². The summed E-state index contributed by atoms with van der Waals surface area (Å²) < 4.78 is 0.742. The van der Waals surface area contributed by atoms with Gasteiger partial charge in [-0.15, -0.1) is 0 Å². The number of non-ortho nitro benzene ring substituents is 1. The van der Waals surface area contributed by atoms with E-state index in [2.05, 4.69) is 35.1 Å². The molecule has 0 radical (unpaired) electrons. The molecule has 0 saturated carbocycles. The first-order valence-corrected chi connectivity index (χ1v) is 7.98. The van der Waals surface area contributed by atoms with E-state index in [0.717, 1.165) is 29.0 Å². The van der Waals surface area contributed by atoms with Gasteiger partial charge in [0.2, 0.25) is 0 Å². The molecule has 0 aliphatic rings. The van der Waals surface area contributed by atoms with Crippen LogP contribution in [0.3, 0.4) is 0 Å². The Morgan fingerprint density at radius 2 is 1.95 bits per heavy atom. The summed E-state index contributed by atoms with van der Waals surface area (Å²) in [6.45, 7) is 5.42. The topological polar surface area (TPSA) is 55.2 Å². The molecule has 0 amide bonds. The normalized spacial score (nSPS) is 10.8. The lowest BCUT2D eigenvalue weighted by Crippen LogP contribution is -2.02. The molecule has 1 rings (SSSR count). The number of unbranched alkanes of at least 4 members (excludes halogenated alkanes) is 3. The van der Waals surface area contributed by atoms with Crippen LogP contribution in [0.5, 0.6) is 0 Å². The first-order chi connectivity index (χ1) is 9.50. The minimum absolute atomic E-state index is 0.108. The van der Waals surface area contributed by atoms with E-state index in [9.17, 15) is 10.1 Å². The van der Waals surface area contributed by atoms with Crippen molar-refractivity contribution in [3.63, 3.8) is 0 Å². The molecule has 0 saturated heterocycles. The molecule has 0 heterocycles. The molecular formula is C15H23BrN2O2. The van der Waals surface area contributed by atoms with Crippen molar-refractivity contribution in [2.45, 2.75) is 46.0 Å². The number of hydrogen-bond donors (Lipinski definition) is 1. The molecule has 0 aromatic heterocycles. The molecule has 112 valence electrons. The molecule has 0 aliphatic carbocycles. The van der Waals surface area contributed by atoms with Crippen LogP contribution in [-0.4, -0.2) is 11.5 Å². The van der Waals surface area contributed by atoms with E-state index in [1.807, 2.05) is 0 Å². The van der Waals surface area contributed by atoms with E-state index >= 15 is 0 Å². The van der Waals surface area contributed by atoms with Gasteiger partial charge in [-0.05, 0) is 34.3 Å². The van der Waals surface area contributed by atoms with Crippen molar-refractivity contribution >= 4 is 27.3 Å². The average molecular weight is 343 g/mol. The zero-order valence-corrected chi connectivity index (χ0v) is 13.8. The van der Waals surface area contributed by atoms with Gasteiger partial charge < -0.3 is 5.32 Å². The van der Waals surface area contributed by atoms with Crippen LogP contribution in [0.15, 0.2) is 22.7 Å². The molecule has 0 aliphatic heterocycles. The van der Waals surface area contributed by atoms with Crippen LogP contribution in [0.2, 0.25) is 0 Å². The van der Waals surface area contributed by atoms with Gasteiger partial charge in [0, 0.05) is 28.8 Å². The summed E-state index contributed by atoms with van der Waals surface area (Å²) in [4.78, 5) is 10.3. The van der Waals surface area contributed by atoms with Gasteiger partial charge in [0.15, 0.2) is 0 Å². The van der Waals surface area contributed by atoms with Crippen LogP contribution < -0.4 is 5.32 Å². The molecule has 0 unspecified atom stereocenters. The molecule has 0 spiro atoms. The first-order valence-electron chi connectivity index (χ1n) is 7.18. The molecular weight excluding hydrogens is 320 g/mol. The second-order valence-electron chi connectivity index (χ2n) is 5.44. The van der Waals surface area contributed by atoms with Gasteiger partial charge in [0.1, 0.15) is 0 Å². The summed E-state index contributed by atoms with van der Waals surface area (Å²) in [5.41, 5.74) is 1.02. The van der Waals surface area contributed by atoms with E-state index in [1.165, 1.54) is 37.8 Å². The van der Waals surface area contributed by atoms with Gasteiger partial charge >= 0.3 is 0 Å². The maximum atomic E-state index is 10.6. The standard InChI is InChI=1S/C15H23BrN2O2/c1-12(2)7-5-3-4-6-10-17-15-9-8-13(18(19)20)11-14(15)16/h8-9,11-12,17H,3-7,10H2,1-2H3. The average Bonchev–Trinajstić information content (AvgIpc) is 2.38. The van der Waals surface area contributed by atoms with Crippen LogP contribution in [0.25, 0.3) is 0 Å². The number of halogens is 1. The van der Waals surface area contributed by atoms with Crippen LogP contribution >= 0.6 is 15.9 Å². The quantitative estimate of drug-likeness (QED) is 0.372. The Morgan fingerprint density at radius 3 is 2.55 bits per heavy atom. The van der Waals surface area contributed by atoms with Crippen molar-refractivity contribution in [3.05, 3.63) is 32.8 Å². The third-order valence-corrected chi connectivity index (χ3v) is 3.84. The van der Waals surface area contributed by atoms with Gasteiger partial charge in [0.05, 0.1) is 4.92 Å². The van der Waals surface area contributed by atoms with Gasteiger partial charge in [-0.25, -0.2) is 0 Å². The van der Waals surface area contributed by atoms with Crippen molar-refractivity contribution < 1.29 is 4.92 Å². The third kappa shape index (κ3) is 6.37. The Balaban J connectivity index is 2.24. The SMILES string of the molecule is CC(C)CCCCCCNc1ccc([N+](=O)[O-])cc1Br. The molecule has 1 aromatic rings. The largest absolute Gasteiger partial charge is 0.384 e. The summed E-state index contributed by atoms with van der Waals surface area (Å²) in [5.74, 6) is 0.796. The second kappa shape index (κ2) is 8.95. The van der Waals surface area contributed by atoms with Gasteiger partial charge in [-0.1, -0.05) is 39.5 Å². The molecule has 5 heteroatoms. The van der Waals surface area contributed by atoms with Crippen molar-refractivity contribution in [2.24, 2.45) is 5.92 Å². The first kappa shape index (κ1) is 17.0. The van der Waals surface area contributed by atoms with Crippen molar-refractivity contribution in [1.82, 2.24) is 0 Å². The Labute approximate surface area is 129 Å². The number of hydrogen-bond acceptors (Lipinski definition) is 3. The van der Waals surface area contributed by atoms with Crippen molar-refractivity contribution in [1.29, 1.82) is 0 Å². The maximum absolute atomic E-state index is 10.6. The summed E-state index contributed by atoms with van der Waals surface area (Å²) >= 11 is 3.36. The van der Waals surface area contributed by atoms with E-state index in [0.29, 0.717) is 0 Å². The summed E-state index contributed by atoms with van der Waals surface area (Å²) in [6.07, 6.45) is 6.24. The molecule has 20 heavy (non-hydrogen) atoms. The number of benzene rings is 1. The number of nitro groups is 1. The summed E-state index contributed by atoms with van der Waals surface area (Å²) in [5, 5.41) is 13.9. The highest BCUT2D eigenvalue weighted by atomic mass is 79.9. The molecule has 0 fully saturated rings. The number of anilines is 1. The monoisotopic (exact) mass is 342 g/mol. The minimum Gasteiger partial charge on any atom is -0.384 e. The van der Waals surface area contributed by atoms with E-state index in [4.69, 9.17) is 0 Å². The zero-order valence-electron chi connectivity index (χ0n) is 12.2.